The van der Waals surface area contributed by atoms with Gasteiger partial charge < -0.3 is 4.90 Å². The predicted molar refractivity (Wildman–Crippen MR) is 59.3 cm³/mol. The number of nitrogens with zero attached hydrogens (tertiary/aromatic N) is 2. The number of rotatable bonds is 0. The molecule has 1 saturated heterocycles. The van der Waals surface area contributed by atoms with Gasteiger partial charge in [-0.15, -0.1) is 11.6 Å². The van der Waals surface area contributed by atoms with Gasteiger partial charge in [-0.1, -0.05) is 0 Å². The molecule has 17 heavy (non-hydrogen) atoms. The van der Waals surface area contributed by atoms with Crippen LogP contribution in [-0.4, -0.2) is 46.7 Å². The molecule has 3 bridgehead atoms. The van der Waals surface area contributed by atoms with Gasteiger partial charge in [0.25, 0.3) is 0 Å². The van der Waals surface area contributed by atoms with Gasteiger partial charge in [0, 0.05) is 25.4 Å². The van der Waals surface area contributed by atoms with E-state index in [9.17, 15) is 9.59 Å². The van der Waals surface area contributed by atoms with E-state index in [1.807, 2.05) is 11.9 Å². The molecule has 90 valence electrons. The number of hydrogen-bond acceptors (Lipinski definition) is 2. The summed E-state index contributed by atoms with van der Waals surface area (Å²) in [5.74, 6) is 1.87. The van der Waals surface area contributed by atoms with E-state index in [1.165, 1.54) is 4.90 Å². The zero-order chi connectivity index (χ0) is 11.9. The van der Waals surface area contributed by atoms with Crippen LogP contribution in [0, 0.1) is 29.1 Å². The maximum absolute atomic E-state index is 12.5. The number of urea groups is 1. The van der Waals surface area contributed by atoms with E-state index in [2.05, 4.69) is 0 Å². The van der Waals surface area contributed by atoms with E-state index < -0.39 is 0 Å². The third-order valence-electron chi connectivity index (χ3n) is 6.58. The van der Waals surface area contributed by atoms with Crippen LogP contribution in [0.5, 0.6) is 0 Å². The van der Waals surface area contributed by atoms with Crippen molar-refractivity contribution in [2.75, 3.05) is 14.1 Å². The molecule has 4 nitrogen and oxygen atoms in total. The summed E-state index contributed by atoms with van der Waals surface area (Å²) in [4.78, 5) is 27.7. The SMILES string of the molecule is CN1C(=O)N(C)[C@]23C[C@@H]4[C@H](Cl)[C@H]2[C@H]2[C@@H]4[C@]23C1=O. The van der Waals surface area contributed by atoms with Crippen LogP contribution in [-0.2, 0) is 4.79 Å². The molecule has 0 aromatic carbocycles. The largest absolute Gasteiger partial charge is 0.326 e. The number of imide groups is 1. The summed E-state index contributed by atoms with van der Waals surface area (Å²) in [6.07, 6.45) is 0.953. The van der Waals surface area contributed by atoms with Crippen molar-refractivity contribution in [3.63, 3.8) is 0 Å². The first-order valence-corrected chi connectivity index (χ1v) is 6.65. The Kier molecular flexibility index (Phi) is 1.08. The summed E-state index contributed by atoms with van der Waals surface area (Å²) in [5.41, 5.74) is -0.425. The van der Waals surface area contributed by atoms with Crippen LogP contribution in [0.25, 0.3) is 0 Å². The first-order chi connectivity index (χ1) is 8.01. The molecule has 7 atom stereocenters. The van der Waals surface area contributed by atoms with E-state index in [0.29, 0.717) is 23.7 Å². The molecule has 6 fully saturated rings. The molecule has 3 amide bonds. The van der Waals surface area contributed by atoms with Crippen molar-refractivity contribution in [2.24, 2.45) is 29.1 Å². The Bertz CT molecular complexity index is 523. The van der Waals surface area contributed by atoms with Gasteiger partial charge in [0.05, 0.1) is 11.0 Å². The summed E-state index contributed by atoms with van der Waals surface area (Å²) >= 11 is 6.46. The second-order valence-electron chi connectivity index (χ2n) is 6.39. The van der Waals surface area contributed by atoms with Crippen molar-refractivity contribution in [3.05, 3.63) is 0 Å². The van der Waals surface area contributed by atoms with Gasteiger partial charge >= 0.3 is 6.03 Å². The molecule has 5 heteroatoms. The van der Waals surface area contributed by atoms with Crippen LogP contribution < -0.4 is 0 Å². The lowest BCUT2D eigenvalue weighted by molar-refractivity contribution is -0.161. The van der Waals surface area contributed by atoms with E-state index in [-0.39, 0.29) is 28.3 Å². The Morgan fingerprint density at radius 1 is 1.24 bits per heavy atom. The summed E-state index contributed by atoms with van der Waals surface area (Å²) in [6, 6.07) is -0.152. The molecule has 6 rings (SSSR count). The lowest BCUT2D eigenvalue weighted by Gasteiger charge is -2.60. The van der Waals surface area contributed by atoms with Gasteiger partial charge in [-0.05, 0) is 24.2 Å². The molecule has 0 aromatic rings. The lowest BCUT2D eigenvalue weighted by Crippen LogP contribution is -2.76. The zero-order valence-corrected chi connectivity index (χ0v) is 10.4. The molecule has 0 radical (unpaired) electrons. The fourth-order valence-corrected chi connectivity index (χ4v) is 6.92. The smallest absolute Gasteiger partial charge is 0.320 e. The average molecular weight is 253 g/mol. The van der Waals surface area contributed by atoms with Gasteiger partial charge in [-0.3, -0.25) is 9.69 Å². The summed E-state index contributed by atoms with van der Waals surface area (Å²) in [6.45, 7) is 0. The van der Waals surface area contributed by atoms with Gasteiger partial charge in [0.1, 0.15) is 0 Å². The molecule has 1 heterocycles. The van der Waals surface area contributed by atoms with Crippen molar-refractivity contribution >= 4 is 23.5 Å². The van der Waals surface area contributed by atoms with Gasteiger partial charge in [-0.2, -0.15) is 0 Å². The minimum absolute atomic E-state index is 0.0675. The minimum Gasteiger partial charge on any atom is -0.320 e. The number of carbonyl (C=O) groups is 2. The second-order valence-corrected chi connectivity index (χ2v) is 6.89. The van der Waals surface area contributed by atoms with Crippen LogP contribution >= 0.6 is 11.6 Å². The van der Waals surface area contributed by atoms with Crippen LogP contribution in [0.4, 0.5) is 4.79 Å². The van der Waals surface area contributed by atoms with Crippen molar-refractivity contribution in [2.45, 2.75) is 17.3 Å². The Hall–Kier alpha value is -0.770. The lowest BCUT2D eigenvalue weighted by atomic mass is 9.57. The number of amides is 3. The molecule has 0 N–H and O–H groups in total. The molecule has 2 spiro atoms. The summed E-state index contributed by atoms with van der Waals surface area (Å²) in [5, 5.41) is 0.193. The highest BCUT2D eigenvalue weighted by Gasteiger charge is 3.03. The van der Waals surface area contributed by atoms with E-state index in [0.717, 1.165) is 6.42 Å². The van der Waals surface area contributed by atoms with Crippen LogP contribution in [0.2, 0.25) is 0 Å². The third kappa shape index (κ3) is 0.497. The van der Waals surface area contributed by atoms with E-state index in [1.54, 1.807) is 7.05 Å². The monoisotopic (exact) mass is 252 g/mol. The molecular formula is C12H13ClN2O2. The summed E-state index contributed by atoms with van der Waals surface area (Å²) in [7, 11) is 3.46. The molecule has 0 aromatic heterocycles. The van der Waals surface area contributed by atoms with Crippen molar-refractivity contribution in [1.82, 2.24) is 9.80 Å². The number of alkyl halides is 1. The molecular weight excluding hydrogens is 240 g/mol. The van der Waals surface area contributed by atoms with Crippen molar-refractivity contribution < 1.29 is 9.59 Å². The van der Waals surface area contributed by atoms with E-state index >= 15 is 0 Å². The fourth-order valence-electron chi connectivity index (χ4n) is 6.30. The third-order valence-corrected chi connectivity index (χ3v) is 7.17. The molecule has 1 aliphatic heterocycles. The molecule has 6 aliphatic rings. The first-order valence-electron chi connectivity index (χ1n) is 6.21. The Morgan fingerprint density at radius 2 is 1.94 bits per heavy atom. The van der Waals surface area contributed by atoms with Crippen LogP contribution in [0.3, 0.4) is 0 Å². The fraction of sp³-hybridized carbons (Fsp3) is 0.833. The molecule has 5 aliphatic carbocycles. The van der Waals surface area contributed by atoms with Crippen LogP contribution in [0.1, 0.15) is 6.42 Å². The number of halogens is 1. The first kappa shape index (κ1) is 9.20. The Balaban J connectivity index is 1.77. The van der Waals surface area contributed by atoms with Crippen molar-refractivity contribution in [1.29, 1.82) is 0 Å². The van der Waals surface area contributed by atoms with Crippen molar-refractivity contribution in [3.8, 4) is 0 Å². The molecule has 0 unspecified atom stereocenters. The normalized spacial score (nSPS) is 65.0. The zero-order valence-electron chi connectivity index (χ0n) is 9.68. The topological polar surface area (TPSA) is 40.6 Å². The van der Waals surface area contributed by atoms with Gasteiger partial charge in [0.15, 0.2) is 0 Å². The van der Waals surface area contributed by atoms with Crippen LogP contribution in [0.15, 0.2) is 0 Å². The van der Waals surface area contributed by atoms with Gasteiger partial charge in [-0.25, -0.2) is 4.79 Å². The highest BCUT2D eigenvalue weighted by molar-refractivity contribution is 6.23. The second kappa shape index (κ2) is 2.00. The highest BCUT2D eigenvalue weighted by Crippen LogP contribution is 2.96. The average Bonchev–Trinajstić information content (AvgIpc) is 2.53. The summed E-state index contributed by atoms with van der Waals surface area (Å²) < 4.78 is 0. The molecule has 5 saturated carbocycles. The predicted octanol–water partition coefficient (Wildman–Crippen LogP) is 0.752. The quantitative estimate of drug-likeness (QED) is 0.597. The number of hydrogen-bond donors (Lipinski definition) is 0. The maximum Gasteiger partial charge on any atom is 0.326 e. The Labute approximate surface area is 104 Å². The number of carbonyl (C=O) groups excluding carboxylic acids is 2. The van der Waals surface area contributed by atoms with Gasteiger partial charge in [0.2, 0.25) is 5.91 Å². The Morgan fingerprint density at radius 3 is 2.53 bits per heavy atom. The standard InChI is InChI=1S/C12H13ClN2O2/c1-14-9(16)12-5-4-3-11(12,15(2)10(14)17)7(6(5)12)8(4)13/h4-8H,3H2,1-2H3/t4-,5+,6+,7+,8-,11+,12+/m0/s1. The highest BCUT2D eigenvalue weighted by atomic mass is 35.5. The van der Waals surface area contributed by atoms with E-state index in [4.69, 9.17) is 11.6 Å². The minimum atomic E-state index is -0.217. The maximum atomic E-state index is 12.5.